The molecule has 0 radical (unpaired) electrons. The molecule has 3 aliphatic heterocycles. The van der Waals surface area contributed by atoms with Crippen LogP contribution in [0.5, 0.6) is 5.75 Å². The number of nitrogens with zero attached hydrogens (tertiary/aromatic N) is 1. The van der Waals surface area contributed by atoms with Crippen molar-refractivity contribution in [2.24, 2.45) is 11.8 Å². The fourth-order valence-corrected chi connectivity index (χ4v) is 7.52. The molecule has 2 aromatic rings. The minimum absolute atomic E-state index is 0.0245. The Kier molecular flexibility index (Phi) is 9.99. The molecular weight excluding hydrogens is 518 g/mol. The van der Waals surface area contributed by atoms with Crippen LogP contribution in [0.25, 0.3) is 0 Å². The average molecular weight is 567 g/mol. The highest BCUT2D eigenvalue weighted by molar-refractivity contribution is 5.75. The van der Waals surface area contributed by atoms with Crippen LogP contribution in [-0.2, 0) is 15.1 Å². The number of aliphatic hydroxyl groups is 2. The highest BCUT2D eigenvalue weighted by Crippen LogP contribution is 2.42. The van der Waals surface area contributed by atoms with Crippen LogP contribution in [0.2, 0.25) is 0 Å². The number of hydrogen-bond acceptors (Lipinski definition) is 6. The number of rotatable bonds is 15. The molecule has 3 heterocycles. The second-order valence-electron chi connectivity index (χ2n) is 12.6. The number of phenolic OH excluding ortho intramolecular Hbond substituents is 1. The van der Waals surface area contributed by atoms with Crippen LogP contribution in [0.3, 0.4) is 0 Å². The van der Waals surface area contributed by atoms with Crippen molar-refractivity contribution in [2.45, 2.75) is 69.2 Å². The van der Waals surface area contributed by atoms with Gasteiger partial charge in [0.05, 0.1) is 38.0 Å². The van der Waals surface area contributed by atoms with Gasteiger partial charge in [0.15, 0.2) is 0 Å². The van der Waals surface area contributed by atoms with E-state index in [4.69, 9.17) is 4.74 Å². The quantitative estimate of drug-likeness (QED) is 0.0962. The number of nitrogens with one attached hydrogen (secondary N) is 2. The summed E-state index contributed by atoms with van der Waals surface area (Å²) in [6.07, 6.45) is 9.08. The number of quaternary nitrogens is 1. The van der Waals surface area contributed by atoms with Crippen LogP contribution in [0.1, 0.15) is 68.6 Å². The number of aromatic hydroxyl groups is 1. The van der Waals surface area contributed by atoms with Crippen LogP contribution in [0.15, 0.2) is 48.5 Å². The molecule has 3 saturated heterocycles. The van der Waals surface area contributed by atoms with Crippen LogP contribution in [0.4, 0.5) is 5.69 Å². The maximum atomic E-state index is 11.9. The molecule has 224 valence electrons. The zero-order chi connectivity index (χ0) is 28.7. The number of hydrogen-bond donors (Lipinski definition) is 5. The molecule has 0 unspecified atom stereocenters. The summed E-state index contributed by atoms with van der Waals surface area (Å²) in [5.74, 6) is 0.844. The van der Waals surface area contributed by atoms with Gasteiger partial charge in [-0.15, -0.1) is 0 Å². The SMILES string of the molecule is O=CNc1cc([C@@H](O)CNCCCC[N+]23CCC(CC2)[C@@H](OC[C@@](O)(c2ccccc2)C2CCCC2)C3)ccc1O. The number of amides is 1. The number of piperidine rings is 3. The number of anilines is 1. The van der Waals surface area contributed by atoms with Gasteiger partial charge in [-0.2, -0.15) is 0 Å². The lowest BCUT2D eigenvalue weighted by Crippen LogP contribution is -2.64. The maximum Gasteiger partial charge on any atom is 0.211 e. The van der Waals surface area contributed by atoms with Gasteiger partial charge >= 0.3 is 0 Å². The molecule has 3 atom stereocenters. The summed E-state index contributed by atoms with van der Waals surface area (Å²) in [5.41, 5.74) is 1.03. The minimum Gasteiger partial charge on any atom is -0.506 e. The summed E-state index contributed by atoms with van der Waals surface area (Å²) in [5, 5.41) is 38.1. The third-order valence-electron chi connectivity index (χ3n) is 10.1. The molecule has 2 bridgehead atoms. The Bertz CT molecular complexity index is 1120. The van der Waals surface area contributed by atoms with Gasteiger partial charge in [0, 0.05) is 25.3 Å². The van der Waals surface area contributed by atoms with Crippen molar-refractivity contribution in [2.75, 3.05) is 51.2 Å². The largest absolute Gasteiger partial charge is 0.506 e. The van der Waals surface area contributed by atoms with Crippen molar-refractivity contribution in [3.05, 3.63) is 59.7 Å². The predicted molar refractivity (Wildman–Crippen MR) is 159 cm³/mol. The number of carbonyl (C=O) groups excluding carboxylic acids is 1. The summed E-state index contributed by atoms with van der Waals surface area (Å²) < 4.78 is 7.80. The van der Waals surface area contributed by atoms with E-state index in [9.17, 15) is 20.1 Å². The minimum atomic E-state index is -0.905. The van der Waals surface area contributed by atoms with Gasteiger partial charge in [0.25, 0.3) is 0 Å². The van der Waals surface area contributed by atoms with E-state index in [1.165, 1.54) is 44.8 Å². The van der Waals surface area contributed by atoms with E-state index >= 15 is 0 Å². The van der Waals surface area contributed by atoms with Crippen LogP contribution in [0, 0.1) is 11.8 Å². The van der Waals surface area contributed by atoms with Crippen LogP contribution < -0.4 is 10.6 Å². The Balaban J connectivity index is 1.07. The number of unbranched alkanes of at least 4 members (excludes halogenated alkanes) is 1. The van der Waals surface area contributed by atoms with Crippen LogP contribution >= 0.6 is 0 Å². The highest BCUT2D eigenvalue weighted by Gasteiger charge is 2.48. The molecule has 6 rings (SSSR count). The first-order chi connectivity index (χ1) is 19.9. The first kappa shape index (κ1) is 30.0. The Morgan fingerprint density at radius 3 is 2.54 bits per heavy atom. The first-order valence-corrected chi connectivity index (χ1v) is 15.6. The number of carbonyl (C=O) groups is 1. The second kappa shape index (κ2) is 13.7. The van der Waals surface area contributed by atoms with E-state index in [0.717, 1.165) is 55.4 Å². The lowest BCUT2D eigenvalue weighted by atomic mass is 9.80. The number of fused-ring (bicyclic) bond motifs is 3. The molecule has 0 aromatic heterocycles. The molecule has 1 saturated carbocycles. The number of ether oxygens (including phenoxy) is 1. The van der Waals surface area contributed by atoms with Crippen molar-refractivity contribution < 1.29 is 29.3 Å². The van der Waals surface area contributed by atoms with E-state index in [2.05, 4.69) is 22.8 Å². The predicted octanol–water partition coefficient (Wildman–Crippen LogP) is 4.07. The topological polar surface area (TPSA) is 111 Å². The van der Waals surface area contributed by atoms with Crippen molar-refractivity contribution >= 4 is 12.1 Å². The summed E-state index contributed by atoms with van der Waals surface area (Å²) >= 11 is 0. The summed E-state index contributed by atoms with van der Waals surface area (Å²) in [7, 11) is 0. The lowest BCUT2D eigenvalue weighted by Gasteiger charge is -2.53. The summed E-state index contributed by atoms with van der Waals surface area (Å²) in [4.78, 5) is 10.7. The standard InChI is InChI=1S/C33H47N3O5/c37-24-35-29-20-26(12-13-30(29)38)31(39)21-34-16-6-7-17-36-18-14-25(15-19-36)32(22-36)41-23-33(40,28-10-4-5-11-28)27-8-2-1-3-9-27/h1-3,8-9,12-13,20,24-25,28,31-32,34,39-40H,4-7,10-11,14-19,21-23H2,(H-,35,37,38)/p+1/t25?,31-,32-,33+,36?/m0/s1. The van der Waals surface area contributed by atoms with Gasteiger partial charge in [0.2, 0.25) is 6.41 Å². The zero-order valence-electron chi connectivity index (χ0n) is 24.2. The van der Waals surface area contributed by atoms with Crippen molar-refractivity contribution in [3.63, 3.8) is 0 Å². The zero-order valence-corrected chi connectivity index (χ0v) is 24.2. The monoisotopic (exact) mass is 566 g/mol. The molecule has 1 amide bonds. The van der Waals surface area contributed by atoms with Gasteiger partial charge < -0.3 is 35.2 Å². The fraction of sp³-hybridized carbons (Fsp3) is 0.606. The van der Waals surface area contributed by atoms with Gasteiger partial charge in [-0.3, -0.25) is 4.79 Å². The molecule has 0 spiro atoms. The number of aliphatic hydroxyl groups excluding tert-OH is 1. The van der Waals surface area contributed by atoms with Gasteiger partial charge in [-0.25, -0.2) is 0 Å². The first-order valence-electron chi connectivity index (χ1n) is 15.6. The van der Waals surface area contributed by atoms with Crippen molar-refractivity contribution in [1.82, 2.24) is 5.32 Å². The molecule has 8 nitrogen and oxygen atoms in total. The third kappa shape index (κ3) is 7.12. The fourth-order valence-electron chi connectivity index (χ4n) is 7.52. The molecule has 2 aromatic carbocycles. The smallest absolute Gasteiger partial charge is 0.211 e. The van der Waals surface area contributed by atoms with Crippen LogP contribution in [-0.4, -0.2) is 78.2 Å². The number of phenols is 1. The Morgan fingerprint density at radius 2 is 1.80 bits per heavy atom. The Labute approximate surface area is 244 Å². The normalized spacial score (nSPS) is 26.5. The molecule has 8 heteroatoms. The molecule has 41 heavy (non-hydrogen) atoms. The molecule has 5 N–H and O–H groups in total. The van der Waals surface area contributed by atoms with E-state index in [-0.39, 0.29) is 17.8 Å². The van der Waals surface area contributed by atoms with Gasteiger partial charge in [0.1, 0.15) is 24.0 Å². The maximum absolute atomic E-state index is 11.9. The average Bonchev–Trinajstić information content (AvgIpc) is 3.56. The Hall–Kier alpha value is -2.49. The lowest BCUT2D eigenvalue weighted by molar-refractivity contribution is -0.946. The second-order valence-corrected chi connectivity index (χ2v) is 12.6. The summed E-state index contributed by atoms with van der Waals surface area (Å²) in [6, 6.07) is 14.9. The molecule has 4 fully saturated rings. The van der Waals surface area contributed by atoms with E-state index in [1.807, 2.05) is 18.2 Å². The Morgan fingerprint density at radius 1 is 1.05 bits per heavy atom. The molecule has 1 aliphatic carbocycles. The third-order valence-corrected chi connectivity index (χ3v) is 10.1. The highest BCUT2D eigenvalue weighted by atomic mass is 16.5. The molecular formula is C33H48N3O5+. The summed E-state index contributed by atoms with van der Waals surface area (Å²) in [6.45, 7) is 6.26. The van der Waals surface area contributed by atoms with Crippen molar-refractivity contribution in [1.29, 1.82) is 0 Å². The van der Waals surface area contributed by atoms with E-state index in [0.29, 0.717) is 36.7 Å². The van der Waals surface area contributed by atoms with Gasteiger partial charge in [-0.1, -0.05) is 49.2 Å². The van der Waals surface area contributed by atoms with Gasteiger partial charge in [-0.05, 0) is 61.4 Å². The van der Waals surface area contributed by atoms with E-state index < -0.39 is 11.7 Å². The van der Waals surface area contributed by atoms with Crippen molar-refractivity contribution in [3.8, 4) is 5.75 Å². The molecule has 4 aliphatic rings. The van der Waals surface area contributed by atoms with E-state index in [1.54, 1.807) is 12.1 Å². The number of benzene rings is 2.